The molecule has 7 nitrogen and oxygen atoms in total. The molecule has 0 saturated heterocycles. The lowest BCUT2D eigenvalue weighted by Crippen LogP contribution is -2.39. The van der Waals surface area contributed by atoms with Crippen molar-refractivity contribution < 1.29 is 24.4 Å². The molecule has 88 valence electrons. The molecule has 2 unspecified atom stereocenters. The molecule has 0 aliphatic heterocycles. The zero-order valence-corrected chi connectivity index (χ0v) is 8.77. The van der Waals surface area contributed by atoms with Crippen molar-refractivity contribution >= 4 is 23.1 Å². The summed E-state index contributed by atoms with van der Waals surface area (Å²) >= 11 is -1.46. The van der Waals surface area contributed by atoms with Crippen molar-refractivity contribution in [3.63, 3.8) is 0 Å². The van der Waals surface area contributed by atoms with Crippen LogP contribution in [-0.4, -0.2) is 50.3 Å². The van der Waals surface area contributed by atoms with Crippen molar-refractivity contribution in [3.8, 4) is 0 Å². The van der Waals surface area contributed by atoms with Crippen molar-refractivity contribution in [2.24, 2.45) is 11.5 Å². The van der Waals surface area contributed by atoms with Gasteiger partial charge in [0.2, 0.25) is 0 Å². The van der Waals surface area contributed by atoms with Gasteiger partial charge in [0.05, 0.1) is 0 Å². The van der Waals surface area contributed by atoms with Crippen LogP contribution >= 0.6 is 0 Å². The standard InChI is InChI=1S/C7H14N2O5S/c8-4(6(10)11)1-2-15(14)3-5(9)7(12)13/h4-5H,1-3,8-9H2,(H,10,11)(H,12,13)/t4-,5?,15?/m0/s1. The maximum absolute atomic E-state index is 11.2. The van der Waals surface area contributed by atoms with Crippen molar-refractivity contribution in [1.82, 2.24) is 0 Å². The molecule has 0 rings (SSSR count). The summed E-state index contributed by atoms with van der Waals surface area (Å²) in [5, 5.41) is 16.8. The predicted octanol–water partition coefficient (Wildman–Crippen LogP) is -2.05. The van der Waals surface area contributed by atoms with E-state index >= 15 is 0 Å². The van der Waals surface area contributed by atoms with Gasteiger partial charge in [0.25, 0.3) is 0 Å². The Balaban J connectivity index is 3.79. The van der Waals surface area contributed by atoms with Crippen LogP contribution in [0.3, 0.4) is 0 Å². The number of hydrogen-bond donors (Lipinski definition) is 4. The Morgan fingerprint density at radius 1 is 1.20 bits per heavy atom. The molecule has 0 aliphatic carbocycles. The predicted molar refractivity (Wildman–Crippen MR) is 53.7 cm³/mol. The van der Waals surface area contributed by atoms with Crippen LogP contribution in [0.1, 0.15) is 6.42 Å². The van der Waals surface area contributed by atoms with Gasteiger partial charge in [-0.1, -0.05) is 11.2 Å². The first-order chi connectivity index (χ1) is 6.84. The number of carbonyl (C=O) groups is 2. The molecule has 0 aliphatic rings. The fourth-order valence-corrected chi connectivity index (χ4v) is 1.96. The van der Waals surface area contributed by atoms with Gasteiger partial charge in [0.15, 0.2) is 0 Å². The van der Waals surface area contributed by atoms with E-state index in [0.717, 1.165) is 0 Å². The van der Waals surface area contributed by atoms with Crippen molar-refractivity contribution in [3.05, 3.63) is 0 Å². The monoisotopic (exact) mass is 238 g/mol. The molecule has 0 saturated carbocycles. The third-order valence-electron chi connectivity index (χ3n) is 1.66. The topological polar surface area (TPSA) is 150 Å². The molecule has 0 bridgehead atoms. The van der Waals surface area contributed by atoms with E-state index in [1.807, 2.05) is 0 Å². The van der Waals surface area contributed by atoms with Crippen LogP contribution in [0.15, 0.2) is 0 Å². The SMILES string of the molecule is NC(C[S+]([O-])CC[C@H](N)C(=O)O)C(=O)O. The first-order valence-corrected chi connectivity index (χ1v) is 5.65. The van der Waals surface area contributed by atoms with Gasteiger partial charge in [-0.3, -0.25) is 9.59 Å². The summed E-state index contributed by atoms with van der Waals surface area (Å²) in [6.07, 6.45) is 0.0360. The quantitative estimate of drug-likeness (QED) is 0.373. The molecule has 3 atom stereocenters. The summed E-state index contributed by atoms with van der Waals surface area (Å²) in [5.41, 5.74) is 10.3. The van der Waals surface area contributed by atoms with Crippen LogP contribution in [0.2, 0.25) is 0 Å². The van der Waals surface area contributed by atoms with Crippen LogP contribution in [0.5, 0.6) is 0 Å². The Bertz CT molecular complexity index is 237. The first kappa shape index (κ1) is 14.2. The van der Waals surface area contributed by atoms with Crippen LogP contribution in [0.25, 0.3) is 0 Å². The van der Waals surface area contributed by atoms with E-state index in [-0.39, 0.29) is 17.9 Å². The highest BCUT2D eigenvalue weighted by Crippen LogP contribution is 1.99. The maximum Gasteiger partial charge on any atom is 0.325 e. The van der Waals surface area contributed by atoms with Crippen LogP contribution in [0, 0.1) is 0 Å². The zero-order chi connectivity index (χ0) is 12.0. The minimum absolute atomic E-state index is 0.0360. The Morgan fingerprint density at radius 2 is 1.67 bits per heavy atom. The number of nitrogens with two attached hydrogens (primary N) is 2. The highest BCUT2D eigenvalue weighted by atomic mass is 32.2. The molecule has 6 N–H and O–H groups in total. The van der Waals surface area contributed by atoms with Crippen molar-refractivity contribution in [1.29, 1.82) is 0 Å². The normalized spacial score (nSPS) is 16.7. The molecule has 0 fully saturated rings. The average Bonchev–Trinajstić information content (AvgIpc) is 2.13. The van der Waals surface area contributed by atoms with E-state index in [1.165, 1.54) is 0 Å². The highest BCUT2D eigenvalue weighted by Gasteiger charge is 2.21. The van der Waals surface area contributed by atoms with E-state index in [2.05, 4.69) is 0 Å². The summed E-state index contributed by atoms with van der Waals surface area (Å²) in [6.45, 7) is 0. The van der Waals surface area contributed by atoms with Crippen LogP contribution in [0.4, 0.5) is 0 Å². The Morgan fingerprint density at radius 3 is 2.07 bits per heavy atom. The van der Waals surface area contributed by atoms with Gasteiger partial charge in [-0.05, 0) is 0 Å². The van der Waals surface area contributed by atoms with Gasteiger partial charge in [-0.2, -0.15) is 0 Å². The Kier molecular flexibility index (Phi) is 6.25. The van der Waals surface area contributed by atoms with Gasteiger partial charge >= 0.3 is 11.9 Å². The number of carboxylic acid groups (broad SMARTS) is 2. The number of carboxylic acids is 2. The summed E-state index contributed by atoms with van der Waals surface area (Å²) in [5.74, 6) is -2.56. The van der Waals surface area contributed by atoms with Gasteiger partial charge in [-0.25, -0.2) is 0 Å². The molecular formula is C7H14N2O5S. The van der Waals surface area contributed by atoms with E-state index in [1.54, 1.807) is 0 Å². The lowest BCUT2D eigenvalue weighted by molar-refractivity contribution is -0.139. The molecule has 0 aromatic heterocycles. The molecule has 8 heteroatoms. The van der Waals surface area contributed by atoms with Gasteiger partial charge in [0, 0.05) is 6.42 Å². The Labute approximate surface area is 89.6 Å². The van der Waals surface area contributed by atoms with Crippen LogP contribution in [-0.2, 0) is 20.8 Å². The second-order valence-electron chi connectivity index (χ2n) is 2.99. The van der Waals surface area contributed by atoms with E-state index in [0.29, 0.717) is 0 Å². The number of aliphatic carboxylic acids is 2. The van der Waals surface area contributed by atoms with Gasteiger partial charge < -0.3 is 26.2 Å². The average molecular weight is 238 g/mol. The lowest BCUT2D eigenvalue weighted by atomic mass is 10.2. The lowest BCUT2D eigenvalue weighted by Gasteiger charge is -2.14. The first-order valence-electron chi connectivity index (χ1n) is 4.16. The van der Waals surface area contributed by atoms with Crippen molar-refractivity contribution in [2.75, 3.05) is 11.5 Å². The third kappa shape index (κ3) is 6.28. The largest absolute Gasteiger partial charge is 0.616 e. The third-order valence-corrected chi connectivity index (χ3v) is 3.08. The summed E-state index contributed by atoms with van der Waals surface area (Å²) in [4.78, 5) is 20.6. The Hall–Kier alpha value is -0.830. The smallest absolute Gasteiger partial charge is 0.325 e. The minimum Gasteiger partial charge on any atom is -0.616 e. The fourth-order valence-electron chi connectivity index (χ4n) is 0.737. The molecule has 0 aromatic carbocycles. The molecule has 0 spiro atoms. The fraction of sp³-hybridized carbons (Fsp3) is 0.714. The number of hydrogen-bond acceptors (Lipinski definition) is 5. The zero-order valence-electron chi connectivity index (χ0n) is 7.96. The maximum atomic E-state index is 11.2. The summed E-state index contributed by atoms with van der Waals surface area (Å²) < 4.78 is 11.2. The van der Waals surface area contributed by atoms with Gasteiger partial charge in [-0.15, -0.1) is 0 Å². The highest BCUT2D eigenvalue weighted by molar-refractivity contribution is 7.91. The van der Waals surface area contributed by atoms with E-state index < -0.39 is 35.2 Å². The van der Waals surface area contributed by atoms with Gasteiger partial charge in [0.1, 0.15) is 23.6 Å². The second kappa shape index (κ2) is 6.62. The summed E-state index contributed by atoms with van der Waals surface area (Å²) in [7, 11) is 0. The second-order valence-corrected chi connectivity index (χ2v) is 4.61. The van der Waals surface area contributed by atoms with E-state index in [9.17, 15) is 14.1 Å². The minimum atomic E-state index is -1.46. The molecular weight excluding hydrogens is 224 g/mol. The molecule has 0 aromatic rings. The molecule has 0 radical (unpaired) electrons. The molecule has 15 heavy (non-hydrogen) atoms. The van der Waals surface area contributed by atoms with Crippen molar-refractivity contribution in [2.45, 2.75) is 18.5 Å². The van der Waals surface area contributed by atoms with Crippen LogP contribution < -0.4 is 11.5 Å². The molecule has 0 amide bonds. The van der Waals surface area contributed by atoms with E-state index in [4.69, 9.17) is 21.7 Å². The molecule has 0 heterocycles. The number of rotatable bonds is 7. The summed E-state index contributed by atoms with van der Waals surface area (Å²) in [6, 6.07) is -2.26.